The van der Waals surface area contributed by atoms with Crippen molar-refractivity contribution in [2.45, 2.75) is 52.7 Å². The van der Waals surface area contributed by atoms with Crippen LogP contribution in [0, 0.1) is 6.92 Å². The Kier molecular flexibility index (Phi) is 5.82. The molecule has 1 aromatic heterocycles. The van der Waals surface area contributed by atoms with E-state index in [9.17, 15) is 9.90 Å². The first kappa shape index (κ1) is 15.2. The zero-order valence-electron chi connectivity index (χ0n) is 11.2. The second-order valence-corrected chi connectivity index (χ2v) is 4.47. The van der Waals surface area contributed by atoms with Gasteiger partial charge in [0.25, 0.3) is 5.56 Å². The largest absolute Gasteiger partial charge is 0.385 e. The van der Waals surface area contributed by atoms with Gasteiger partial charge in [0.15, 0.2) is 0 Å². The van der Waals surface area contributed by atoms with Crippen molar-refractivity contribution >= 4 is 11.6 Å². The van der Waals surface area contributed by atoms with Crippen LogP contribution in [0.2, 0.25) is 0 Å². The van der Waals surface area contributed by atoms with Crippen LogP contribution in [0.4, 0.5) is 0 Å². The molecule has 2 heterocycles. The molecule has 0 bridgehead atoms. The third-order valence-corrected chi connectivity index (χ3v) is 3.19. The number of halogens is 1. The Balaban J connectivity index is 0.000000771. The Morgan fingerprint density at radius 1 is 1.50 bits per heavy atom. The van der Waals surface area contributed by atoms with Crippen molar-refractivity contribution in [2.24, 2.45) is 0 Å². The minimum Gasteiger partial charge on any atom is -0.385 e. The van der Waals surface area contributed by atoms with Gasteiger partial charge in [0, 0.05) is 23.7 Å². The lowest BCUT2D eigenvalue weighted by Crippen LogP contribution is -2.33. The van der Waals surface area contributed by atoms with Gasteiger partial charge in [-0.1, -0.05) is 13.8 Å². The monoisotopic (exact) mass is 272 g/mol. The number of aliphatic hydroxyl groups is 1. The van der Waals surface area contributed by atoms with Crippen LogP contribution in [-0.2, 0) is 13.0 Å². The molecule has 1 aliphatic rings. The summed E-state index contributed by atoms with van der Waals surface area (Å²) in [4.78, 5) is 16.5. The van der Waals surface area contributed by atoms with Crippen molar-refractivity contribution in [2.75, 3.05) is 5.88 Å². The van der Waals surface area contributed by atoms with E-state index in [1.54, 1.807) is 11.5 Å². The highest BCUT2D eigenvalue weighted by Crippen LogP contribution is 2.22. The summed E-state index contributed by atoms with van der Waals surface area (Å²) in [5.74, 6) is 0.923. The second kappa shape index (κ2) is 6.90. The number of hydrogen-bond donors (Lipinski definition) is 1. The van der Waals surface area contributed by atoms with Gasteiger partial charge in [0.1, 0.15) is 11.9 Å². The third kappa shape index (κ3) is 2.93. The Labute approximate surface area is 113 Å². The molecule has 0 saturated carbocycles. The molecule has 1 aromatic rings. The average molecular weight is 273 g/mol. The lowest BCUT2D eigenvalue weighted by Gasteiger charge is -2.23. The Bertz CT molecular complexity index is 457. The standard InChI is InChI=1S/C11H15ClN2O2.C2H6/c1-7-8(4-5-12)11(16)14-6-2-3-9(15)10(14)13-7;1-2/h9,15H,2-6H2,1H3;1-2H3. The number of alkyl halides is 1. The molecule has 0 saturated heterocycles. The summed E-state index contributed by atoms with van der Waals surface area (Å²) < 4.78 is 1.59. The van der Waals surface area contributed by atoms with Crippen molar-refractivity contribution in [1.29, 1.82) is 0 Å². The summed E-state index contributed by atoms with van der Waals surface area (Å²) in [6.07, 6.45) is 1.43. The van der Waals surface area contributed by atoms with Crippen LogP contribution in [0.15, 0.2) is 4.79 Å². The fraction of sp³-hybridized carbons (Fsp3) is 0.692. The predicted molar refractivity (Wildman–Crippen MR) is 73.2 cm³/mol. The zero-order valence-corrected chi connectivity index (χ0v) is 12.0. The number of fused-ring (bicyclic) bond motifs is 1. The summed E-state index contributed by atoms with van der Waals surface area (Å²) in [7, 11) is 0. The van der Waals surface area contributed by atoms with Gasteiger partial charge in [-0.3, -0.25) is 9.36 Å². The minimum atomic E-state index is -0.606. The quantitative estimate of drug-likeness (QED) is 0.840. The van der Waals surface area contributed by atoms with Gasteiger partial charge in [0.05, 0.1) is 0 Å². The van der Waals surface area contributed by atoms with E-state index in [4.69, 9.17) is 11.6 Å². The SMILES string of the molecule is CC.Cc1nc2n(c(=O)c1CCCl)CCCC2O. The molecule has 0 aliphatic carbocycles. The zero-order chi connectivity index (χ0) is 13.7. The molecule has 2 rings (SSSR count). The molecule has 0 spiro atoms. The van der Waals surface area contributed by atoms with E-state index in [2.05, 4.69) is 4.98 Å². The first-order valence-corrected chi connectivity index (χ1v) is 7.03. The highest BCUT2D eigenvalue weighted by Gasteiger charge is 2.22. The van der Waals surface area contributed by atoms with Gasteiger partial charge in [-0.05, 0) is 26.2 Å². The van der Waals surface area contributed by atoms with Crippen molar-refractivity contribution in [1.82, 2.24) is 9.55 Å². The van der Waals surface area contributed by atoms with Crippen molar-refractivity contribution in [3.8, 4) is 0 Å². The van der Waals surface area contributed by atoms with Gasteiger partial charge >= 0.3 is 0 Å². The highest BCUT2D eigenvalue weighted by atomic mass is 35.5. The lowest BCUT2D eigenvalue weighted by atomic mass is 10.1. The number of nitrogens with zero attached hydrogens (tertiary/aromatic N) is 2. The molecule has 1 atom stereocenters. The second-order valence-electron chi connectivity index (χ2n) is 4.09. The van der Waals surface area contributed by atoms with Gasteiger partial charge in [-0.2, -0.15) is 0 Å². The molecule has 18 heavy (non-hydrogen) atoms. The molecule has 102 valence electrons. The predicted octanol–water partition coefficient (Wildman–Crippen LogP) is 2.19. The summed E-state index contributed by atoms with van der Waals surface area (Å²) in [6.45, 7) is 6.44. The van der Waals surface area contributed by atoms with Crippen LogP contribution in [0.1, 0.15) is 49.9 Å². The third-order valence-electron chi connectivity index (χ3n) is 3.00. The number of aromatic nitrogens is 2. The molecule has 4 nitrogen and oxygen atoms in total. The smallest absolute Gasteiger partial charge is 0.257 e. The summed E-state index contributed by atoms with van der Waals surface area (Å²) in [5, 5.41) is 9.78. The Hall–Kier alpha value is -0.870. The number of aliphatic hydroxyl groups excluding tert-OH is 1. The van der Waals surface area contributed by atoms with Gasteiger partial charge in [-0.15, -0.1) is 11.6 Å². The molecule has 0 radical (unpaired) electrons. The maximum absolute atomic E-state index is 12.1. The number of rotatable bonds is 2. The van der Waals surface area contributed by atoms with Crippen molar-refractivity contribution in [3.05, 3.63) is 27.4 Å². The maximum atomic E-state index is 12.1. The molecule has 5 heteroatoms. The van der Waals surface area contributed by atoms with Crippen LogP contribution in [0.3, 0.4) is 0 Å². The molecule has 1 unspecified atom stereocenters. The van der Waals surface area contributed by atoms with Crippen LogP contribution in [0.5, 0.6) is 0 Å². The van der Waals surface area contributed by atoms with Gasteiger partial charge < -0.3 is 5.11 Å². The first-order chi connectivity index (χ1) is 8.65. The summed E-state index contributed by atoms with van der Waals surface area (Å²) >= 11 is 5.67. The van der Waals surface area contributed by atoms with Crippen LogP contribution in [0.25, 0.3) is 0 Å². The molecule has 0 fully saturated rings. The molecule has 0 aromatic carbocycles. The molecular weight excluding hydrogens is 252 g/mol. The van der Waals surface area contributed by atoms with E-state index in [1.165, 1.54) is 0 Å². The van der Waals surface area contributed by atoms with E-state index in [0.717, 1.165) is 6.42 Å². The van der Waals surface area contributed by atoms with E-state index >= 15 is 0 Å². The fourth-order valence-corrected chi connectivity index (χ4v) is 2.34. The number of hydrogen-bond acceptors (Lipinski definition) is 3. The van der Waals surface area contributed by atoms with Crippen molar-refractivity contribution < 1.29 is 5.11 Å². The van der Waals surface area contributed by atoms with Crippen molar-refractivity contribution in [3.63, 3.8) is 0 Å². The highest BCUT2D eigenvalue weighted by molar-refractivity contribution is 6.17. The molecule has 1 aliphatic heterocycles. The van der Waals surface area contributed by atoms with E-state index in [0.29, 0.717) is 42.3 Å². The van der Waals surface area contributed by atoms with Crippen LogP contribution >= 0.6 is 11.6 Å². The lowest BCUT2D eigenvalue weighted by molar-refractivity contribution is 0.130. The van der Waals surface area contributed by atoms with Crippen LogP contribution in [-0.4, -0.2) is 20.5 Å². The minimum absolute atomic E-state index is 0.0399. The Morgan fingerprint density at radius 2 is 2.17 bits per heavy atom. The molecule has 1 N–H and O–H groups in total. The summed E-state index contributed by atoms with van der Waals surface area (Å²) in [5.41, 5.74) is 1.33. The van der Waals surface area contributed by atoms with E-state index in [-0.39, 0.29) is 5.56 Å². The summed E-state index contributed by atoms with van der Waals surface area (Å²) in [6, 6.07) is 0. The van der Waals surface area contributed by atoms with Gasteiger partial charge in [-0.25, -0.2) is 4.98 Å². The number of aryl methyl sites for hydroxylation is 1. The van der Waals surface area contributed by atoms with E-state index < -0.39 is 6.10 Å². The molecular formula is C13H21ClN2O2. The normalized spacial score (nSPS) is 17.7. The van der Waals surface area contributed by atoms with Gasteiger partial charge in [0.2, 0.25) is 0 Å². The topological polar surface area (TPSA) is 55.1 Å². The Morgan fingerprint density at radius 3 is 2.78 bits per heavy atom. The maximum Gasteiger partial charge on any atom is 0.257 e. The molecule has 0 amide bonds. The first-order valence-electron chi connectivity index (χ1n) is 6.49. The van der Waals surface area contributed by atoms with E-state index in [1.807, 2.05) is 13.8 Å². The average Bonchev–Trinajstić information content (AvgIpc) is 2.38. The fourth-order valence-electron chi connectivity index (χ4n) is 2.15. The van der Waals surface area contributed by atoms with Crippen LogP contribution < -0.4 is 5.56 Å².